The molecule has 0 aliphatic carbocycles. The van der Waals surface area contributed by atoms with E-state index < -0.39 is 0 Å². The highest BCUT2D eigenvalue weighted by Crippen LogP contribution is 2.13. The van der Waals surface area contributed by atoms with Gasteiger partial charge in [-0.3, -0.25) is 0 Å². The summed E-state index contributed by atoms with van der Waals surface area (Å²) in [6.07, 6.45) is 0.658. The fourth-order valence-corrected chi connectivity index (χ4v) is 1.21. The van der Waals surface area contributed by atoms with Gasteiger partial charge in [0.15, 0.2) is 0 Å². The lowest BCUT2D eigenvalue weighted by atomic mass is 10.4. The van der Waals surface area contributed by atoms with Crippen LogP contribution in [-0.4, -0.2) is 23.1 Å². The Balaban J connectivity index is 3.04. The summed E-state index contributed by atoms with van der Waals surface area (Å²) in [5.41, 5.74) is 5.62. The Morgan fingerprint density at radius 2 is 1.94 bits per heavy atom. The van der Waals surface area contributed by atoms with Crippen LogP contribution >= 0.6 is 0 Å². The summed E-state index contributed by atoms with van der Waals surface area (Å²) in [7, 11) is 0. The number of rotatable bonds is 4. The van der Waals surface area contributed by atoms with Crippen LogP contribution in [0.4, 0.5) is 11.6 Å². The first kappa shape index (κ1) is 11.7. The van der Waals surface area contributed by atoms with Gasteiger partial charge in [-0.2, -0.15) is 10.5 Å². The van der Waals surface area contributed by atoms with Crippen molar-refractivity contribution in [3.05, 3.63) is 11.9 Å². The summed E-state index contributed by atoms with van der Waals surface area (Å²) in [6, 6.07) is 5.53. The van der Waals surface area contributed by atoms with Gasteiger partial charge in [-0.25, -0.2) is 9.97 Å². The second-order valence-corrected chi connectivity index (χ2v) is 3.09. The maximum atomic E-state index is 8.64. The molecule has 82 valence electrons. The van der Waals surface area contributed by atoms with E-state index >= 15 is 0 Å². The van der Waals surface area contributed by atoms with E-state index in [1.54, 1.807) is 11.0 Å². The van der Waals surface area contributed by atoms with Crippen molar-refractivity contribution < 1.29 is 0 Å². The fourth-order valence-electron chi connectivity index (χ4n) is 1.21. The van der Waals surface area contributed by atoms with Crippen molar-refractivity contribution >= 4 is 11.6 Å². The Bertz CT molecular complexity index is 426. The number of nitriles is 2. The van der Waals surface area contributed by atoms with Gasteiger partial charge in [0.2, 0.25) is 0 Å². The van der Waals surface area contributed by atoms with E-state index in [0.717, 1.165) is 0 Å². The van der Waals surface area contributed by atoms with Crippen LogP contribution in [-0.2, 0) is 6.42 Å². The molecule has 0 aromatic carbocycles. The minimum atomic E-state index is 0.104. The Morgan fingerprint density at radius 1 is 1.31 bits per heavy atom. The van der Waals surface area contributed by atoms with E-state index in [1.165, 1.54) is 0 Å². The van der Waals surface area contributed by atoms with Crippen LogP contribution in [0.15, 0.2) is 6.07 Å². The quantitative estimate of drug-likeness (QED) is 0.734. The average molecular weight is 216 g/mol. The summed E-state index contributed by atoms with van der Waals surface area (Å²) in [6.45, 7) is 2.12. The third-order valence-electron chi connectivity index (χ3n) is 1.94. The van der Waals surface area contributed by atoms with Crippen LogP contribution in [0, 0.1) is 22.7 Å². The highest BCUT2D eigenvalue weighted by molar-refractivity contribution is 5.48. The molecule has 0 unspecified atom stereocenters. The Hall–Kier alpha value is -2.34. The van der Waals surface area contributed by atoms with E-state index in [9.17, 15) is 0 Å². The zero-order valence-electron chi connectivity index (χ0n) is 9.01. The molecule has 0 aliphatic heterocycles. The molecule has 6 nitrogen and oxygen atoms in total. The van der Waals surface area contributed by atoms with Crippen molar-refractivity contribution in [3.63, 3.8) is 0 Å². The zero-order valence-corrected chi connectivity index (χ0v) is 9.01. The fraction of sp³-hybridized carbons (Fsp3) is 0.400. The van der Waals surface area contributed by atoms with Crippen molar-refractivity contribution in [1.82, 2.24) is 9.97 Å². The lowest BCUT2D eigenvalue weighted by molar-refractivity contribution is 0.882. The highest BCUT2D eigenvalue weighted by atomic mass is 15.2. The average Bonchev–Trinajstić information content (AvgIpc) is 2.28. The lowest BCUT2D eigenvalue weighted by Gasteiger charge is -2.17. The number of aryl methyl sites for hydroxylation is 1. The van der Waals surface area contributed by atoms with Crippen molar-refractivity contribution in [2.45, 2.75) is 13.3 Å². The van der Waals surface area contributed by atoms with Gasteiger partial charge in [0, 0.05) is 12.5 Å². The van der Waals surface area contributed by atoms with Crippen molar-refractivity contribution in [1.29, 1.82) is 10.5 Å². The van der Waals surface area contributed by atoms with Gasteiger partial charge >= 0.3 is 0 Å². The molecule has 1 aromatic rings. The molecule has 6 heteroatoms. The second-order valence-electron chi connectivity index (χ2n) is 3.09. The van der Waals surface area contributed by atoms with Gasteiger partial charge in [0.05, 0.1) is 12.1 Å². The molecule has 16 heavy (non-hydrogen) atoms. The third kappa shape index (κ3) is 2.82. The van der Waals surface area contributed by atoms with Crippen LogP contribution in [0.5, 0.6) is 0 Å². The summed E-state index contributed by atoms with van der Waals surface area (Å²) in [4.78, 5) is 9.80. The SMILES string of the molecule is CCc1nc(N)cc(N(CC#N)CC#N)n1. The molecule has 2 N–H and O–H groups in total. The normalized spacial score (nSPS) is 9.19. The van der Waals surface area contributed by atoms with Crippen LogP contribution < -0.4 is 10.6 Å². The molecule has 1 rings (SSSR count). The predicted octanol–water partition coefficient (Wildman–Crippen LogP) is 0.475. The van der Waals surface area contributed by atoms with E-state index in [1.807, 2.05) is 19.1 Å². The summed E-state index contributed by atoms with van der Waals surface area (Å²) in [5, 5.41) is 17.3. The van der Waals surface area contributed by atoms with Gasteiger partial charge in [-0.05, 0) is 0 Å². The lowest BCUT2D eigenvalue weighted by Crippen LogP contribution is -2.25. The minimum absolute atomic E-state index is 0.104. The van der Waals surface area contributed by atoms with Crippen LogP contribution in [0.3, 0.4) is 0 Å². The maximum absolute atomic E-state index is 8.64. The minimum Gasteiger partial charge on any atom is -0.384 e. The number of nitrogens with two attached hydrogens (primary N) is 1. The van der Waals surface area contributed by atoms with E-state index in [-0.39, 0.29) is 13.1 Å². The summed E-state index contributed by atoms with van der Waals surface area (Å²) in [5.74, 6) is 1.48. The van der Waals surface area contributed by atoms with E-state index in [2.05, 4.69) is 9.97 Å². The van der Waals surface area contributed by atoms with Crippen LogP contribution in [0.25, 0.3) is 0 Å². The van der Waals surface area contributed by atoms with Gasteiger partial charge in [-0.1, -0.05) is 6.92 Å². The van der Waals surface area contributed by atoms with Gasteiger partial charge in [-0.15, -0.1) is 0 Å². The number of nitrogen functional groups attached to an aromatic ring is 1. The molecular formula is C10H12N6. The van der Waals surface area contributed by atoms with Crippen molar-refractivity contribution in [3.8, 4) is 12.1 Å². The zero-order chi connectivity index (χ0) is 12.0. The smallest absolute Gasteiger partial charge is 0.136 e. The number of hydrogen-bond donors (Lipinski definition) is 1. The molecule has 0 aliphatic rings. The molecule has 0 saturated heterocycles. The molecule has 1 aromatic heterocycles. The Kier molecular flexibility index (Phi) is 4.05. The van der Waals surface area contributed by atoms with Gasteiger partial charge in [0.1, 0.15) is 30.5 Å². The number of anilines is 2. The van der Waals surface area contributed by atoms with Crippen molar-refractivity contribution in [2.24, 2.45) is 0 Å². The largest absolute Gasteiger partial charge is 0.384 e. The molecule has 0 saturated carbocycles. The topological polar surface area (TPSA) is 103 Å². The van der Waals surface area contributed by atoms with E-state index in [0.29, 0.717) is 23.9 Å². The highest BCUT2D eigenvalue weighted by Gasteiger charge is 2.09. The van der Waals surface area contributed by atoms with Crippen LogP contribution in [0.1, 0.15) is 12.7 Å². The molecule has 1 heterocycles. The van der Waals surface area contributed by atoms with Crippen molar-refractivity contribution in [2.75, 3.05) is 23.7 Å². The summed E-state index contributed by atoms with van der Waals surface area (Å²) < 4.78 is 0. The Labute approximate surface area is 93.9 Å². The standard InChI is InChI=1S/C10H12N6/c1-2-9-14-8(13)7-10(15-9)16(5-3-11)6-4-12/h7H,2,5-6H2,1H3,(H2,13,14,15). The number of hydrogen-bond acceptors (Lipinski definition) is 6. The molecule has 0 spiro atoms. The molecule has 0 fully saturated rings. The molecular weight excluding hydrogens is 204 g/mol. The number of nitrogens with zero attached hydrogens (tertiary/aromatic N) is 5. The molecule has 0 atom stereocenters. The second kappa shape index (κ2) is 5.52. The first-order valence-electron chi connectivity index (χ1n) is 4.83. The monoisotopic (exact) mass is 216 g/mol. The Morgan fingerprint density at radius 3 is 2.44 bits per heavy atom. The van der Waals surface area contributed by atoms with Gasteiger partial charge < -0.3 is 10.6 Å². The predicted molar refractivity (Wildman–Crippen MR) is 59.3 cm³/mol. The summed E-state index contributed by atoms with van der Waals surface area (Å²) >= 11 is 0. The third-order valence-corrected chi connectivity index (χ3v) is 1.94. The molecule has 0 amide bonds. The van der Waals surface area contributed by atoms with Gasteiger partial charge in [0.25, 0.3) is 0 Å². The first-order valence-corrected chi connectivity index (χ1v) is 4.83. The number of aromatic nitrogens is 2. The maximum Gasteiger partial charge on any atom is 0.136 e. The molecule has 0 bridgehead atoms. The van der Waals surface area contributed by atoms with E-state index in [4.69, 9.17) is 16.3 Å². The van der Waals surface area contributed by atoms with Crippen LogP contribution in [0.2, 0.25) is 0 Å². The molecule has 0 radical (unpaired) electrons. The first-order chi connectivity index (χ1) is 7.71.